The van der Waals surface area contributed by atoms with E-state index in [0.717, 1.165) is 17.1 Å². The average Bonchev–Trinajstić information content (AvgIpc) is 2.23. The number of halogens is 2. The summed E-state index contributed by atoms with van der Waals surface area (Å²) in [6.45, 7) is 3.95. The van der Waals surface area contributed by atoms with Crippen LogP contribution in [0.5, 0.6) is 0 Å². The maximum atomic E-state index is 7.47. The molecule has 0 unspecified atom stereocenters. The summed E-state index contributed by atoms with van der Waals surface area (Å²) < 4.78 is 0. The lowest BCUT2D eigenvalue weighted by Gasteiger charge is -2.22. The minimum Gasteiger partial charge on any atom is -0.387 e. The highest BCUT2D eigenvalue weighted by Gasteiger charge is 2.20. The highest BCUT2D eigenvalue weighted by Crippen LogP contribution is 2.30. The second kappa shape index (κ2) is 5.98. The maximum Gasteiger partial charge on any atom is 0.0963 e. The first-order valence-electron chi connectivity index (χ1n) is 5.25. The van der Waals surface area contributed by atoms with E-state index < -0.39 is 0 Å². The molecule has 1 rings (SSSR count). The van der Waals surface area contributed by atoms with Crippen LogP contribution in [0.3, 0.4) is 0 Å². The molecule has 1 aromatic rings. The Hall–Kier alpha value is -0.380. The van der Waals surface area contributed by atoms with Crippen molar-refractivity contribution in [2.24, 2.45) is 11.1 Å². The molecular weight excluding hydrogens is 275 g/mol. The minimum atomic E-state index is -0.247. The molecule has 0 saturated heterocycles. The zero-order chi connectivity index (χ0) is 13.1. The molecular formula is C12H16Cl2N2S. The Labute approximate surface area is 116 Å². The highest BCUT2D eigenvalue weighted by molar-refractivity contribution is 7.99. The van der Waals surface area contributed by atoms with Crippen molar-refractivity contribution in [2.75, 3.05) is 5.75 Å². The molecule has 2 nitrogen and oxygen atoms in total. The molecule has 0 amide bonds. The Kier molecular flexibility index (Phi) is 5.17. The highest BCUT2D eigenvalue weighted by atomic mass is 35.5. The van der Waals surface area contributed by atoms with Crippen LogP contribution >= 0.6 is 35.0 Å². The summed E-state index contributed by atoms with van der Waals surface area (Å²) in [6.07, 6.45) is 0.854. The monoisotopic (exact) mass is 290 g/mol. The first-order valence-corrected chi connectivity index (χ1v) is 6.99. The quantitative estimate of drug-likeness (QED) is 0.479. The summed E-state index contributed by atoms with van der Waals surface area (Å²) in [5.41, 5.74) is 5.28. The van der Waals surface area contributed by atoms with E-state index in [1.165, 1.54) is 0 Å². The lowest BCUT2D eigenvalue weighted by molar-refractivity contribution is 0.500. The van der Waals surface area contributed by atoms with E-state index in [-0.39, 0.29) is 11.3 Å². The molecule has 94 valence electrons. The van der Waals surface area contributed by atoms with Gasteiger partial charge in [0.2, 0.25) is 0 Å². The summed E-state index contributed by atoms with van der Waals surface area (Å²) >= 11 is 13.5. The van der Waals surface area contributed by atoms with Gasteiger partial charge in [0, 0.05) is 10.3 Å². The van der Waals surface area contributed by atoms with Crippen LogP contribution in [0.2, 0.25) is 10.0 Å². The minimum absolute atomic E-state index is 0.229. The van der Waals surface area contributed by atoms with Crippen LogP contribution in [-0.4, -0.2) is 11.6 Å². The Morgan fingerprint density at radius 1 is 1.35 bits per heavy atom. The third-order valence-corrected chi connectivity index (χ3v) is 4.35. The van der Waals surface area contributed by atoms with E-state index in [2.05, 4.69) is 0 Å². The molecule has 0 heterocycles. The lowest BCUT2D eigenvalue weighted by atomic mass is 9.89. The van der Waals surface area contributed by atoms with Crippen molar-refractivity contribution in [2.45, 2.75) is 25.2 Å². The summed E-state index contributed by atoms with van der Waals surface area (Å²) in [4.78, 5) is 1.08. The van der Waals surface area contributed by atoms with Gasteiger partial charge in [0.05, 0.1) is 15.9 Å². The molecule has 0 aromatic heterocycles. The molecule has 0 fully saturated rings. The first kappa shape index (κ1) is 14.7. The van der Waals surface area contributed by atoms with Crippen molar-refractivity contribution in [1.29, 1.82) is 5.41 Å². The normalized spacial score (nSPS) is 11.5. The van der Waals surface area contributed by atoms with Crippen molar-refractivity contribution in [3.05, 3.63) is 28.2 Å². The zero-order valence-corrected chi connectivity index (χ0v) is 12.2. The van der Waals surface area contributed by atoms with Crippen molar-refractivity contribution in [3.8, 4) is 0 Å². The molecule has 0 spiro atoms. The van der Waals surface area contributed by atoms with E-state index in [4.69, 9.17) is 34.3 Å². The molecule has 0 radical (unpaired) electrons. The zero-order valence-electron chi connectivity index (χ0n) is 9.89. The van der Waals surface area contributed by atoms with Gasteiger partial charge in [-0.05, 0) is 30.4 Å². The van der Waals surface area contributed by atoms with Gasteiger partial charge in [0.15, 0.2) is 0 Å². The van der Waals surface area contributed by atoms with E-state index in [1.54, 1.807) is 17.8 Å². The molecule has 3 N–H and O–H groups in total. The number of thioether (sulfide) groups is 1. The van der Waals surface area contributed by atoms with Crippen LogP contribution in [0.4, 0.5) is 0 Å². The number of nitrogens with one attached hydrogen (secondary N) is 1. The van der Waals surface area contributed by atoms with Gasteiger partial charge in [-0.3, -0.25) is 5.41 Å². The van der Waals surface area contributed by atoms with Crippen LogP contribution in [0.1, 0.15) is 20.3 Å². The SMILES string of the molecule is CC(C)(CCSc1ccc(Cl)c(Cl)c1)C(=N)N. The molecule has 0 aliphatic carbocycles. The molecule has 1 aromatic carbocycles. The molecule has 0 saturated carbocycles. The number of hydrogen-bond acceptors (Lipinski definition) is 2. The predicted molar refractivity (Wildman–Crippen MR) is 77.5 cm³/mol. The fourth-order valence-corrected chi connectivity index (χ4v) is 2.70. The fourth-order valence-electron chi connectivity index (χ4n) is 1.13. The average molecular weight is 291 g/mol. The number of benzene rings is 1. The van der Waals surface area contributed by atoms with Gasteiger partial charge in [-0.1, -0.05) is 37.0 Å². The van der Waals surface area contributed by atoms with Gasteiger partial charge in [-0.2, -0.15) is 0 Å². The van der Waals surface area contributed by atoms with Gasteiger partial charge in [0.25, 0.3) is 0 Å². The number of rotatable bonds is 5. The molecule has 0 aliphatic heterocycles. The number of amidine groups is 1. The summed E-state index contributed by atoms with van der Waals surface area (Å²) in [7, 11) is 0. The second-order valence-electron chi connectivity index (χ2n) is 4.47. The van der Waals surface area contributed by atoms with E-state index >= 15 is 0 Å². The van der Waals surface area contributed by atoms with E-state index in [0.29, 0.717) is 10.0 Å². The fraction of sp³-hybridized carbons (Fsp3) is 0.417. The van der Waals surface area contributed by atoms with Crippen LogP contribution < -0.4 is 5.73 Å². The van der Waals surface area contributed by atoms with Gasteiger partial charge in [0.1, 0.15) is 0 Å². The Morgan fingerprint density at radius 2 is 2.00 bits per heavy atom. The molecule has 0 bridgehead atoms. The molecule has 17 heavy (non-hydrogen) atoms. The molecule has 5 heteroatoms. The Bertz CT molecular complexity index is 419. The van der Waals surface area contributed by atoms with Crippen molar-refractivity contribution >= 4 is 40.8 Å². The topological polar surface area (TPSA) is 49.9 Å². The largest absolute Gasteiger partial charge is 0.387 e. The van der Waals surface area contributed by atoms with Crippen LogP contribution in [0.25, 0.3) is 0 Å². The van der Waals surface area contributed by atoms with Gasteiger partial charge >= 0.3 is 0 Å². The van der Waals surface area contributed by atoms with Gasteiger partial charge in [-0.15, -0.1) is 11.8 Å². The van der Waals surface area contributed by atoms with Gasteiger partial charge < -0.3 is 5.73 Å². The van der Waals surface area contributed by atoms with Crippen LogP contribution in [0, 0.1) is 10.8 Å². The van der Waals surface area contributed by atoms with E-state index in [9.17, 15) is 0 Å². The first-order chi connectivity index (χ1) is 7.83. The van der Waals surface area contributed by atoms with Crippen molar-refractivity contribution < 1.29 is 0 Å². The Morgan fingerprint density at radius 3 is 2.53 bits per heavy atom. The number of hydrogen-bond donors (Lipinski definition) is 2. The summed E-state index contributed by atoms with van der Waals surface area (Å²) in [5.74, 6) is 1.12. The summed E-state index contributed by atoms with van der Waals surface area (Å²) in [5, 5.41) is 8.61. The summed E-state index contributed by atoms with van der Waals surface area (Å²) in [6, 6.07) is 5.59. The standard InChI is InChI=1S/C12H16Cl2N2S/c1-12(2,11(15)16)5-6-17-8-3-4-9(13)10(14)7-8/h3-4,7H,5-6H2,1-2H3,(H3,15,16). The maximum absolute atomic E-state index is 7.47. The lowest BCUT2D eigenvalue weighted by Crippen LogP contribution is -2.31. The third-order valence-electron chi connectivity index (χ3n) is 2.62. The second-order valence-corrected chi connectivity index (χ2v) is 6.45. The predicted octanol–water partition coefficient (Wildman–Crippen LogP) is 4.44. The van der Waals surface area contributed by atoms with Crippen LogP contribution in [0.15, 0.2) is 23.1 Å². The third kappa shape index (κ3) is 4.41. The van der Waals surface area contributed by atoms with Gasteiger partial charge in [-0.25, -0.2) is 0 Å². The van der Waals surface area contributed by atoms with Crippen LogP contribution in [-0.2, 0) is 0 Å². The Balaban J connectivity index is 2.51. The van der Waals surface area contributed by atoms with E-state index in [1.807, 2.05) is 26.0 Å². The smallest absolute Gasteiger partial charge is 0.0963 e. The van der Waals surface area contributed by atoms with Crippen molar-refractivity contribution in [1.82, 2.24) is 0 Å². The van der Waals surface area contributed by atoms with Crippen molar-refractivity contribution in [3.63, 3.8) is 0 Å². The molecule has 0 aliphatic rings. The molecule has 0 atom stereocenters. The number of nitrogens with two attached hydrogens (primary N) is 1.